The van der Waals surface area contributed by atoms with Gasteiger partial charge in [0.15, 0.2) is 0 Å². The van der Waals surface area contributed by atoms with E-state index >= 15 is 0 Å². The van der Waals surface area contributed by atoms with Gasteiger partial charge in [0.25, 0.3) is 0 Å². The molecule has 2 N–H and O–H groups in total. The quantitative estimate of drug-likeness (QED) is 0.809. The van der Waals surface area contributed by atoms with Gasteiger partial charge in [-0.1, -0.05) is 24.9 Å². The maximum atomic E-state index is 12.1. The van der Waals surface area contributed by atoms with Gasteiger partial charge < -0.3 is 5.11 Å². The SMILES string of the molecule is CCCC(CC(=O)O)NS(=O)(=O)c1ccc(Cl)cc1. The largest absolute Gasteiger partial charge is 0.481 e. The molecule has 0 bridgehead atoms. The van der Waals surface area contributed by atoms with Crippen LogP contribution in [0.1, 0.15) is 26.2 Å². The Kier molecular flexibility index (Phi) is 5.78. The molecule has 0 aliphatic heterocycles. The second-order valence-electron chi connectivity index (χ2n) is 4.16. The van der Waals surface area contributed by atoms with Gasteiger partial charge in [-0.05, 0) is 30.7 Å². The van der Waals surface area contributed by atoms with Crippen molar-refractivity contribution in [1.82, 2.24) is 4.72 Å². The van der Waals surface area contributed by atoms with Gasteiger partial charge in [-0.2, -0.15) is 0 Å². The minimum absolute atomic E-state index is 0.0726. The van der Waals surface area contributed by atoms with Gasteiger partial charge in [-0.3, -0.25) is 4.79 Å². The van der Waals surface area contributed by atoms with Crippen LogP contribution in [-0.4, -0.2) is 25.5 Å². The summed E-state index contributed by atoms with van der Waals surface area (Å²) in [5.41, 5.74) is 0. The molecule has 5 nitrogen and oxygen atoms in total. The zero-order valence-corrected chi connectivity index (χ0v) is 12.0. The first-order valence-electron chi connectivity index (χ1n) is 5.85. The van der Waals surface area contributed by atoms with Crippen LogP contribution in [0.15, 0.2) is 29.2 Å². The lowest BCUT2D eigenvalue weighted by Gasteiger charge is -2.16. The average Bonchev–Trinajstić information content (AvgIpc) is 2.28. The highest BCUT2D eigenvalue weighted by Crippen LogP contribution is 2.15. The van der Waals surface area contributed by atoms with Crippen LogP contribution in [0, 0.1) is 0 Å². The Morgan fingerprint density at radius 3 is 2.42 bits per heavy atom. The minimum Gasteiger partial charge on any atom is -0.481 e. The van der Waals surface area contributed by atoms with Gasteiger partial charge >= 0.3 is 5.97 Å². The molecule has 0 spiro atoms. The van der Waals surface area contributed by atoms with Crippen molar-refractivity contribution < 1.29 is 18.3 Å². The molecule has 1 rings (SSSR count). The Morgan fingerprint density at radius 1 is 1.37 bits per heavy atom. The van der Waals surface area contributed by atoms with Crippen LogP contribution in [0.25, 0.3) is 0 Å². The van der Waals surface area contributed by atoms with E-state index in [1.165, 1.54) is 24.3 Å². The number of hydrogen-bond donors (Lipinski definition) is 2. The molecule has 1 aromatic rings. The van der Waals surface area contributed by atoms with E-state index in [1.54, 1.807) is 0 Å². The maximum Gasteiger partial charge on any atom is 0.304 e. The number of benzene rings is 1. The Morgan fingerprint density at radius 2 is 1.95 bits per heavy atom. The molecular formula is C12H16ClNO4S. The van der Waals surface area contributed by atoms with Gasteiger partial charge in [0.2, 0.25) is 10.0 Å². The summed E-state index contributed by atoms with van der Waals surface area (Å²) >= 11 is 5.69. The molecule has 7 heteroatoms. The fraction of sp³-hybridized carbons (Fsp3) is 0.417. The van der Waals surface area contributed by atoms with Crippen molar-refractivity contribution in [3.63, 3.8) is 0 Å². The van der Waals surface area contributed by atoms with Gasteiger partial charge in [0.1, 0.15) is 0 Å². The van der Waals surface area contributed by atoms with Crippen molar-refractivity contribution in [2.75, 3.05) is 0 Å². The number of halogens is 1. The molecule has 1 unspecified atom stereocenters. The summed E-state index contributed by atoms with van der Waals surface area (Å²) in [4.78, 5) is 10.8. The Balaban J connectivity index is 2.87. The highest BCUT2D eigenvalue weighted by atomic mass is 35.5. The van der Waals surface area contributed by atoms with Gasteiger partial charge in [-0.25, -0.2) is 13.1 Å². The molecule has 0 saturated carbocycles. The normalized spacial score (nSPS) is 13.2. The number of rotatable bonds is 7. The molecule has 0 amide bonds. The monoisotopic (exact) mass is 305 g/mol. The summed E-state index contributed by atoms with van der Waals surface area (Å²) < 4.78 is 26.5. The first-order chi connectivity index (χ1) is 8.85. The highest BCUT2D eigenvalue weighted by Gasteiger charge is 2.21. The number of hydrogen-bond acceptors (Lipinski definition) is 3. The zero-order chi connectivity index (χ0) is 14.5. The lowest BCUT2D eigenvalue weighted by molar-refractivity contribution is -0.137. The molecule has 0 aromatic heterocycles. The zero-order valence-electron chi connectivity index (χ0n) is 10.5. The van der Waals surface area contributed by atoms with E-state index in [1.807, 2.05) is 6.92 Å². The summed E-state index contributed by atoms with van der Waals surface area (Å²) in [6.07, 6.45) is 0.931. The Bertz CT molecular complexity index is 527. The standard InChI is InChI=1S/C12H16ClNO4S/c1-2-3-10(8-12(15)16)14-19(17,18)11-6-4-9(13)5-7-11/h4-7,10,14H,2-3,8H2,1H3,(H,15,16). The molecule has 0 heterocycles. The van der Waals surface area contributed by atoms with E-state index in [0.29, 0.717) is 17.9 Å². The molecule has 19 heavy (non-hydrogen) atoms. The van der Waals surface area contributed by atoms with E-state index < -0.39 is 22.0 Å². The van der Waals surface area contributed by atoms with Crippen LogP contribution in [0.4, 0.5) is 0 Å². The molecular weight excluding hydrogens is 290 g/mol. The number of sulfonamides is 1. The van der Waals surface area contributed by atoms with Crippen LogP contribution in [0.3, 0.4) is 0 Å². The molecule has 0 fully saturated rings. The third-order valence-corrected chi connectivity index (χ3v) is 4.29. The fourth-order valence-electron chi connectivity index (χ4n) is 1.66. The number of carboxylic acid groups (broad SMARTS) is 1. The number of nitrogens with one attached hydrogen (secondary N) is 1. The predicted molar refractivity (Wildman–Crippen MR) is 72.7 cm³/mol. The van der Waals surface area contributed by atoms with E-state index in [-0.39, 0.29) is 11.3 Å². The van der Waals surface area contributed by atoms with E-state index in [4.69, 9.17) is 16.7 Å². The summed E-state index contributed by atoms with van der Waals surface area (Å²) in [5.74, 6) is -1.03. The van der Waals surface area contributed by atoms with Crippen LogP contribution < -0.4 is 4.72 Å². The van der Waals surface area contributed by atoms with Crippen molar-refractivity contribution in [2.24, 2.45) is 0 Å². The Hall–Kier alpha value is -1.11. The summed E-state index contributed by atoms with van der Waals surface area (Å²) in [6, 6.07) is 5.11. The topological polar surface area (TPSA) is 83.5 Å². The number of carbonyl (C=O) groups is 1. The highest BCUT2D eigenvalue weighted by molar-refractivity contribution is 7.89. The second kappa shape index (κ2) is 6.88. The second-order valence-corrected chi connectivity index (χ2v) is 6.31. The minimum atomic E-state index is -3.72. The lowest BCUT2D eigenvalue weighted by Crippen LogP contribution is -2.36. The summed E-state index contributed by atoms with van der Waals surface area (Å²) in [5, 5.41) is 9.20. The molecule has 0 aliphatic carbocycles. The van der Waals surface area contributed by atoms with Crippen molar-refractivity contribution in [2.45, 2.75) is 37.1 Å². The van der Waals surface area contributed by atoms with Crippen LogP contribution in [0.5, 0.6) is 0 Å². The molecule has 1 atom stereocenters. The first-order valence-corrected chi connectivity index (χ1v) is 7.71. The van der Waals surface area contributed by atoms with Crippen molar-refractivity contribution in [1.29, 1.82) is 0 Å². The summed E-state index contributed by atoms with van der Waals surface area (Å²) in [6.45, 7) is 1.87. The third kappa shape index (κ3) is 5.18. The smallest absolute Gasteiger partial charge is 0.304 e. The molecule has 0 saturated heterocycles. The fourth-order valence-corrected chi connectivity index (χ4v) is 3.06. The number of aliphatic carboxylic acids is 1. The number of carboxylic acids is 1. The molecule has 1 aromatic carbocycles. The third-order valence-electron chi connectivity index (χ3n) is 2.50. The van der Waals surface area contributed by atoms with E-state index in [2.05, 4.69) is 4.72 Å². The first kappa shape index (κ1) is 15.9. The molecule has 106 valence electrons. The lowest BCUT2D eigenvalue weighted by atomic mass is 10.1. The van der Waals surface area contributed by atoms with Crippen molar-refractivity contribution >= 4 is 27.6 Å². The van der Waals surface area contributed by atoms with E-state index in [0.717, 1.165) is 0 Å². The van der Waals surface area contributed by atoms with Gasteiger partial charge in [0.05, 0.1) is 11.3 Å². The van der Waals surface area contributed by atoms with Crippen molar-refractivity contribution in [3.05, 3.63) is 29.3 Å². The Labute approximate surface area is 117 Å². The van der Waals surface area contributed by atoms with Gasteiger partial charge in [0, 0.05) is 11.1 Å². The van der Waals surface area contributed by atoms with Gasteiger partial charge in [-0.15, -0.1) is 0 Å². The summed E-state index contributed by atoms with van der Waals surface area (Å²) in [7, 11) is -3.72. The average molecular weight is 306 g/mol. The van der Waals surface area contributed by atoms with E-state index in [9.17, 15) is 13.2 Å². The predicted octanol–water partition coefficient (Wildman–Crippen LogP) is 2.26. The van der Waals surface area contributed by atoms with Crippen LogP contribution in [-0.2, 0) is 14.8 Å². The van der Waals surface area contributed by atoms with Crippen LogP contribution >= 0.6 is 11.6 Å². The molecule has 0 aliphatic rings. The maximum absolute atomic E-state index is 12.1. The van der Waals surface area contributed by atoms with Crippen LogP contribution in [0.2, 0.25) is 5.02 Å². The molecule has 0 radical (unpaired) electrons. The van der Waals surface area contributed by atoms with Crippen molar-refractivity contribution in [3.8, 4) is 0 Å².